The summed E-state index contributed by atoms with van der Waals surface area (Å²) >= 11 is 0. The monoisotopic (exact) mass is 285 g/mol. The minimum atomic E-state index is 0.320. The van der Waals surface area contributed by atoms with Gasteiger partial charge < -0.3 is 9.88 Å². The van der Waals surface area contributed by atoms with E-state index in [0.29, 0.717) is 12.0 Å². The molecule has 2 aromatic rings. The first kappa shape index (κ1) is 15.8. The fourth-order valence-corrected chi connectivity index (χ4v) is 2.69. The summed E-state index contributed by atoms with van der Waals surface area (Å²) in [6, 6.07) is 7.07. The third-order valence-corrected chi connectivity index (χ3v) is 4.03. The highest BCUT2D eigenvalue weighted by Crippen LogP contribution is 2.21. The summed E-state index contributed by atoms with van der Waals surface area (Å²) in [7, 11) is 0. The second-order valence-electron chi connectivity index (χ2n) is 6.05. The number of benzene rings is 1. The Labute approximate surface area is 128 Å². The van der Waals surface area contributed by atoms with Crippen LogP contribution in [-0.4, -0.2) is 16.1 Å². The van der Waals surface area contributed by atoms with Crippen LogP contribution in [0.3, 0.4) is 0 Å². The van der Waals surface area contributed by atoms with Gasteiger partial charge in [-0.3, -0.25) is 0 Å². The van der Waals surface area contributed by atoms with Gasteiger partial charge in [0, 0.05) is 24.9 Å². The Kier molecular flexibility index (Phi) is 5.18. The Morgan fingerprint density at radius 3 is 2.57 bits per heavy atom. The number of nitrogens with zero attached hydrogens (tertiary/aromatic N) is 2. The Balaban J connectivity index is 2.26. The second-order valence-corrected chi connectivity index (χ2v) is 6.05. The highest BCUT2D eigenvalue weighted by Gasteiger charge is 2.15. The van der Waals surface area contributed by atoms with Crippen LogP contribution < -0.4 is 5.32 Å². The van der Waals surface area contributed by atoms with Crippen LogP contribution in [0.1, 0.15) is 55.2 Å². The number of aromatic nitrogens is 2. The van der Waals surface area contributed by atoms with Gasteiger partial charge in [0.05, 0.1) is 6.04 Å². The molecule has 1 unspecified atom stereocenters. The van der Waals surface area contributed by atoms with Crippen molar-refractivity contribution in [2.24, 2.45) is 0 Å². The minimum absolute atomic E-state index is 0.320. The second kappa shape index (κ2) is 6.90. The number of aryl methyl sites for hydroxylation is 2. The molecule has 3 heteroatoms. The third kappa shape index (κ3) is 3.73. The van der Waals surface area contributed by atoms with E-state index < -0.39 is 0 Å². The first-order valence-corrected chi connectivity index (χ1v) is 7.84. The molecular weight excluding hydrogens is 258 g/mol. The first-order valence-electron chi connectivity index (χ1n) is 7.84. The van der Waals surface area contributed by atoms with Crippen LogP contribution >= 0.6 is 0 Å². The predicted molar refractivity (Wildman–Crippen MR) is 88.6 cm³/mol. The minimum Gasteiger partial charge on any atom is -0.333 e. The van der Waals surface area contributed by atoms with Crippen LogP contribution in [0.4, 0.5) is 0 Å². The average Bonchev–Trinajstić information content (AvgIpc) is 2.90. The van der Waals surface area contributed by atoms with Crippen molar-refractivity contribution in [2.45, 2.75) is 53.1 Å². The molecule has 1 atom stereocenters. The van der Waals surface area contributed by atoms with Gasteiger partial charge in [0.25, 0.3) is 0 Å². The average molecular weight is 285 g/mol. The predicted octanol–water partition coefficient (Wildman–Crippen LogP) is 3.97. The van der Waals surface area contributed by atoms with Crippen LogP contribution in [0.5, 0.6) is 0 Å². The van der Waals surface area contributed by atoms with Gasteiger partial charge in [-0.2, -0.15) is 0 Å². The molecule has 1 heterocycles. The zero-order chi connectivity index (χ0) is 15.4. The maximum absolute atomic E-state index is 4.49. The number of imidazole rings is 1. The third-order valence-electron chi connectivity index (χ3n) is 4.03. The van der Waals surface area contributed by atoms with Gasteiger partial charge in [-0.05, 0) is 37.1 Å². The topological polar surface area (TPSA) is 29.9 Å². The molecule has 0 aliphatic rings. The molecular formula is C18H27N3. The van der Waals surface area contributed by atoms with Crippen molar-refractivity contribution in [3.8, 4) is 0 Å². The molecule has 1 aromatic heterocycles. The molecule has 0 aliphatic heterocycles. The summed E-state index contributed by atoms with van der Waals surface area (Å²) in [5.74, 6) is 1.60. The summed E-state index contributed by atoms with van der Waals surface area (Å²) < 4.78 is 2.27. The maximum atomic E-state index is 4.49. The number of hydrogen-bond acceptors (Lipinski definition) is 2. The Bertz CT molecular complexity index is 584. The molecule has 0 bridgehead atoms. The van der Waals surface area contributed by atoms with Gasteiger partial charge >= 0.3 is 0 Å². The quantitative estimate of drug-likeness (QED) is 0.870. The van der Waals surface area contributed by atoms with Gasteiger partial charge in [-0.25, -0.2) is 4.98 Å². The molecule has 0 amide bonds. The van der Waals surface area contributed by atoms with Crippen molar-refractivity contribution >= 4 is 0 Å². The van der Waals surface area contributed by atoms with Crippen molar-refractivity contribution in [2.75, 3.05) is 6.54 Å². The van der Waals surface area contributed by atoms with Gasteiger partial charge in [0.1, 0.15) is 5.82 Å². The van der Waals surface area contributed by atoms with Crippen LogP contribution in [-0.2, 0) is 6.54 Å². The van der Waals surface area contributed by atoms with Crippen molar-refractivity contribution in [1.29, 1.82) is 0 Å². The van der Waals surface area contributed by atoms with E-state index in [0.717, 1.165) is 18.9 Å². The summed E-state index contributed by atoms with van der Waals surface area (Å²) in [4.78, 5) is 4.49. The maximum Gasteiger partial charge on any atom is 0.111 e. The lowest BCUT2D eigenvalue weighted by Gasteiger charge is -2.22. The van der Waals surface area contributed by atoms with E-state index in [1.807, 2.05) is 6.20 Å². The van der Waals surface area contributed by atoms with Crippen molar-refractivity contribution in [3.63, 3.8) is 0 Å². The fourth-order valence-electron chi connectivity index (χ4n) is 2.69. The molecule has 0 spiro atoms. The number of nitrogens with one attached hydrogen (secondary N) is 1. The molecule has 21 heavy (non-hydrogen) atoms. The van der Waals surface area contributed by atoms with Crippen LogP contribution in [0.25, 0.3) is 0 Å². The van der Waals surface area contributed by atoms with Gasteiger partial charge in [-0.1, -0.05) is 39.0 Å². The number of likely N-dealkylation sites (N-methyl/N-ethyl adjacent to an activating group) is 1. The number of rotatable bonds is 6. The molecule has 1 aromatic carbocycles. The summed E-state index contributed by atoms with van der Waals surface area (Å²) in [5, 5.41) is 3.60. The van der Waals surface area contributed by atoms with Crippen LogP contribution in [0.15, 0.2) is 30.6 Å². The normalized spacial score (nSPS) is 12.9. The Hall–Kier alpha value is -1.61. The van der Waals surface area contributed by atoms with E-state index in [-0.39, 0.29) is 0 Å². The van der Waals surface area contributed by atoms with Crippen molar-refractivity contribution < 1.29 is 0 Å². The summed E-state index contributed by atoms with van der Waals surface area (Å²) in [6.07, 6.45) is 3.99. The van der Waals surface area contributed by atoms with Gasteiger partial charge in [0.15, 0.2) is 0 Å². The Morgan fingerprint density at radius 2 is 1.95 bits per heavy atom. The summed E-state index contributed by atoms with van der Waals surface area (Å²) in [6.45, 7) is 12.8. The highest BCUT2D eigenvalue weighted by atomic mass is 15.1. The van der Waals surface area contributed by atoms with Gasteiger partial charge in [-0.15, -0.1) is 0 Å². The van der Waals surface area contributed by atoms with E-state index >= 15 is 0 Å². The SMILES string of the molecule is CCNC(Cn1ccnc1C(C)C)c1ccc(C)c(C)c1. The zero-order valence-electron chi connectivity index (χ0n) is 13.9. The smallest absolute Gasteiger partial charge is 0.111 e. The molecule has 0 saturated heterocycles. The lowest BCUT2D eigenvalue weighted by Crippen LogP contribution is -2.26. The Morgan fingerprint density at radius 1 is 1.19 bits per heavy atom. The molecule has 0 saturated carbocycles. The first-order chi connectivity index (χ1) is 10.0. The fraction of sp³-hybridized carbons (Fsp3) is 0.500. The summed E-state index contributed by atoms with van der Waals surface area (Å²) in [5.41, 5.74) is 4.05. The molecule has 2 rings (SSSR count). The van der Waals surface area contributed by atoms with Crippen molar-refractivity contribution in [1.82, 2.24) is 14.9 Å². The van der Waals surface area contributed by atoms with E-state index in [1.54, 1.807) is 0 Å². The standard InChI is InChI=1S/C18H27N3/c1-6-19-17(16-8-7-14(4)15(5)11-16)12-21-10-9-20-18(21)13(2)3/h7-11,13,17,19H,6,12H2,1-5H3. The largest absolute Gasteiger partial charge is 0.333 e. The lowest BCUT2D eigenvalue weighted by molar-refractivity contribution is 0.460. The molecule has 1 N–H and O–H groups in total. The highest BCUT2D eigenvalue weighted by molar-refractivity contribution is 5.31. The molecule has 0 aliphatic carbocycles. The van der Waals surface area contributed by atoms with Gasteiger partial charge in [0.2, 0.25) is 0 Å². The zero-order valence-corrected chi connectivity index (χ0v) is 13.9. The van der Waals surface area contributed by atoms with E-state index in [4.69, 9.17) is 0 Å². The lowest BCUT2D eigenvalue weighted by atomic mass is 10.0. The molecule has 0 fully saturated rings. The van der Waals surface area contributed by atoms with E-state index in [1.165, 1.54) is 16.7 Å². The molecule has 3 nitrogen and oxygen atoms in total. The van der Waals surface area contributed by atoms with E-state index in [2.05, 4.69) is 73.9 Å². The van der Waals surface area contributed by atoms with Crippen LogP contribution in [0.2, 0.25) is 0 Å². The van der Waals surface area contributed by atoms with E-state index in [9.17, 15) is 0 Å². The van der Waals surface area contributed by atoms with Crippen molar-refractivity contribution in [3.05, 3.63) is 53.1 Å². The van der Waals surface area contributed by atoms with Crippen LogP contribution in [0, 0.1) is 13.8 Å². The molecule has 0 radical (unpaired) electrons. The number of hydrogen-bond donors (Lipinski definition) is 1. The molecule has 114 valence electrons.